The zero-order chi connectivity index (χ0) is 29.6. The van der Waals surface area contributed by atoms with Gasteiger partial charge in [-0.05, 0) is 62.9 Å². The highest BCUT2D eigenvalue weighted by molar-refractivity contribution is 5.98. The lowest BCUT2D eigenvalue weighted by Gasteiger charge is -2.37. The number of hydrogen-bond acceptors (Lipinski definition) is 8. The molecule has 2 aliphatic rings. The molecule has 0 unspecified atom stereocenters. The molecule has 4 rings (SSSR count). The number of ether oxygens (including phenoxy) is 2. The van der Waals surface area contributed by atoms with E-state index in [1.165, 1.54) is 5.56 Å². The summed E-state index contributed by atoms with van der Waals surface area (Å²) in [6, 6.07) is 17.6. The molecule has 2 heterocycles. The second-order valence-electron chi connectivity index (χ2n) is 12.2. The van der Waals surface area contributed by atoms with Crippen molar-refractivity contribution in [3.63, 3.8) is 0 Å². The van der Waals surface area contributed by atoms with Crippen molar-refractivity contribution in [1.82, 2.24) is 14.7 Å². The van der Waals surface area contributed by atoms with Crippen LogP contribution in [0.4, 0.5) is 4.79 Å². The summed E-state index contributed by atoms with van der Waals surface area (Å²) in [5, 5.41) is 10.1. The van der Waals surface area contributed by atoms with Crippen molar-refractivity contribution in [2.24, 2.45) is 5.73 Å². The van der Waals surface area contributed by atoms with Gasteiger partial charge in [-0.3, -0.25) is 9.69 Å². The maximum absolute atomic E-state index is 13.6. The Bertz CT molecular complexity index is 1220. The van der Waals surface area contributed by atoms with E-state index in [9.17, 15) is 14.9 Å². The van der Waals surface area contributed by atoms with Crippen LogP contribution in [0.1, 0.15) is 44.7 Å². The van der Waals surface area contributed by atoms with Crippen molar-refractivity contribution in [1.29, 1.82) is 5.26 Å². The minimum absolute atomic E-state index is 0.165. The van der Waals surface area contributed by atoms with Crippen molar-refractivity contribution in [3.05, 3.63) is 59.7 Å². The molecular weight excluding hydrogens is 518 g/mol. The van der Waals surface area contributed by atoms with Crippen LogP contribution in [0.15, 0.2) is 48.5 Å². The number of nitriles is 1. The summed E-state index contributed by atoms with van der Waals surface area (Å²) in [5.41, 5.74) is 8.60. The van der Waals surface area contributed by atoms with Crippen molar-refractivity contribution < 1.29 is 19.1 Å². The lowest BCUT2D eigenvalue weighted by molar-refractivity contribution is -0.140. The van der Waals surface area contributed by atoms with Crippen molar-refractivity contribution in [3.8, 4) is 17.2 Å². The number of nitrogens with two attached hydrogens (primary N) is 1. The Kier molecular flexibility index (Phi) is 9.82. The number of hydrogen-bond donors (Lipinski definition) is 1. The summed E-state index contributed by atoms with van der Waals surface area (Å²) in [6.45, 7) is 11.1. The van der Waals surface area contributed by atoms with Gasteiger partial charge in [0.25, 0.3) is 5.91 Å². The van der Waals surface area contributed by atoms with Gasteiger partial charge in [-0.2, -0.15) is 5.26 Å². The van der Waals surface area contributed by atoms with Crippen LogP contribution in [0.25, 0.3) is 11.1 Å². The molecule has 0 saturated carbocycles. The smallest absolute Gasteiger partial charge is 0.418 e. The Morgan fingerprint density at radius 1 is 1.00 bits per heavy atom. The van der Waals surface area contributed by atoms with Gasteiger partial charge in [0.1, 0.15) is 17.2 Å². The second kappa shape index (κ2) is 13.1. The molecule has 41 heavy (non-hydrogen) atoms. The fraction of sp³-hybridized carbons (Fsp3) is 0.531. The van der Waals surface area contributed by atoms with Gasteiger partial charge in [0.15, 0.2) is 0 Å². The molecular formula is C32H43N5O4. The molecule has 0 spiro atoms. The predicted molar refractivity (Wildman–Crippen MR) is 158 cm³/mol. The van der Waals surface area contributed by atoms with Crippen molar-refractivity contribution in [2.45, 2.75) is 63.8 Å². The monoisotopic (exact) mass is 561 g/mol. The SMILES string of the molecule is CN1CCN(Cc2ccc(-c3ccc(C[C@@H](C#N)N(C(=O)OC(C)(C)C)C(=O)C4(N)CCOCC4)cc3)cc2)CC1. The summed E-state index contributed by atoms with van der Waals surface area (Å²) in [7, 11) is 2.16. The van der Waals surface area contributed by atoms with Crippen LogP contribution in [-0.2, 0) is 27.2 Å². The van der Waals surface area contributed by atoms with Crippen LogP contribution < -0.4 is 5.73 Å². The molecule has 0 aliphatic carbocycles. The second-order valence-corrected chi connectivity index (χ2v) is 12.2. The maximum atomic E-state index is 13.6. The Hall–Kier alpha value is -3.29. The molecule has 2 amide bonds. The van der Waals surface area contributed by atoms with Crippen LogP contribution >= 0.6 is 0 Å². The third kappa shape index (κ3) is 8.14. The normalized spacial score (nSPS) is 18.7. The van der Waals surface area contributed by atoms with Crippen LogP contribution in [0.2, 0.25) is 0 Å². The van der Waals surface area contributed by atoms with Gasteiger partial charge in [-0.15, -0.1) is 0 Å². The molecule has 2 saturated heterocycles. The van der Waals surface area contributed by atoms with E-state index in [1.54, 1.807) is 20.8 Å². The quantitative estimate of drug-likeness (QED) is 0.543. The van der Waals surface area contributed by atoms with Crippen LogP contribution in [0, 0.1) is 11.3 Å². The number of rotatable bonds is 7. The molecule has 2 N–H and O–H groups in total. The van der Waals surface area contributed by atoms with Gasteiger partial charge in [0.2, 0.25) is 0 Å². The number of piperazine rings is 1. The molecule has 0 radical (unpaired) electrons. The number of imide groups is 1. The first-order valence-corrected chi connectivity index (χ1v) is 14.4. The van der Waals surface area contributed by atoms with Crippen LogP contribution in [0.3, 0.4) is 0 Å². The molecule has 2 aliphatic heterocycles. The average Bonchev–Trinajstić information content (AvgIpc) is 2.94. The van der Waals surface area contributed by atoms with Gasteiger partial charge in [0, 0.05) is 52.4 Å². The first kappa shape index (κ1) is 30.7. The fourth-order valence-corrected chi connectivity index (χ4v) is 5.17. The number of benzene rings is 2. The third-order valence-corrected chi connectivity index (χ3v) is 7.75. The van der Waals surface area contributed by atoms with Crippen molar-refractivity contribution in [2.75, 3.05) is 46.4 Å². The highest BCUT2D eigenvalue weighted by Gasteiger charge is 2.45. The van der Waals surface area contributed by atoms with E-state index in [-0.39, 0.29) is 19.3 Å². The Morgan fingerprint density at radius 2 is 1.54 bits per heavy atom. The van der Waals surface area contributed by atoms with Gasteiger partial charge >= 0.3 is 6.09 Å². The summed E-state index contributed by atoms with van der Waals surface area (Å²) in [6.07, 6.45) is -0.157. The molecule has 1 atom stereocenters. The number of carbonyl (C=O) groups excluding carboxylic acids is 2. The molecule has 0 aromatic heterocycles. The van der Waals surface area contributed by atoms with Crippen molar-refractivity contribution >= 4 is 12.0 Å². The molecule has 0 bridgehead atoms. The fourth-order valence-electron chi connectivity index (χ4n) is 5.17. The topological polar surface area (TPSA) is 112 Å². The number of likely N-dealkylation sites (N-methyl/N-ethyl adjacent to an activating group) is 1. The van der Waals surface area contributed by atoms with Gasteiger partial charge in [-0.25, -0.2) is 9.69 Å². The van der Waals surface area contributed by atoms with E-state index in [0.717, 1.165) is 54.3 Å². The lowest BCUT2D eigenvalue weighted by Crippen LogP contribution is -2.62. The first-order valence-electron chi connectivity index (χ1n) is 14.4. The summed E-state index contributed by atoms with van der Waals surface area (Å²) in [5.74, 6) is -0.602. The van der Waals surface area contributed by atoms with E-state index in [1.807, 2.05) is 24.3 Å². The average molecular weight is 562 g/mol. The minimum Gasteiger partial charge on any atom is -0.443 e. The number of nitrogens with zero attached hydrogens (tertiary/aromatic N) is 4. The third-order valence-electron chi connectivity index (χ3n) is 7.75. The molecule has 220 valence electrons. The number of carbonyl (C=O) groups is 2. The van der Waals surface area contributed by atoms with E-state index >= 15 is 0 Å². The number of amides is 2. The van der Waals surface area contributed by atoms with Gasteiger partial charge in [-0.1, -0.05) is 48.5 Å². The first-order chi connectivity index (χ1) is 19.5. The van der Waals surface area contributed by atoms with E-state index in [0.29, 0.717) is 13.2 Å². The summed E-state index contributed by atoms with van der Waals surface area (Å²) < 4.78 is 10.9. The molecule has 9 heteroatoms. The standard InChI is InChI=1S/C32H43N5O4/c1-31(2,3)41-30(39)37(29(38)32(34)13-19-40-20-14-32)28(22-33)21-24-5-9-26(10-6-24)27-11-7-25(8-12-27)23-36-17-15-35(4)16-18-36/h5-12,28H,13-21,23,34H2,1-4H3/t28-/m0/s1. The van der Waals surface area contributed by atoms with Gasteiger partial charge < -0.3 is 20.1 Å². The Labute approximate surface area is 243 Å². The minimum atomic E-state index is -1.29. The van der Waals surface area contributed by atoms with Crippen LogP contribution in [0.5, 0.6) is 0 Å². The zero-order valence-corrected chi connectivity index (χ0v) is 24.8. The van der Waals surface area contributed by atoms with E-state index < -0.39 is 29.2 Å². The van der Waals surface area contributed by atoms with Gasteiger partial charge in [0.05, 0.1) is 6.07 Å². The molecule has 2 aromatic rings. The maximum Gasteiger partial charge on any atom is 0.418 e. The lowest BCUT2D eigenvalue weighted by atomic mass is 9.89. The molecule has 9 nitrogen and oxygen atoms in total. The summed E-state index contributed by atoms with van der Waals surface area (Å²) >= 11 is 0. The largest absolute Gasteiger partial charge is 0.443 e. The van der Waals surface area contributed by atoms with E-state index in [4.69, 9.17) is 15.2 Å². The van der Waals surface area contributed by atoms with Crippen LogP contribution in [-0.4, -0.2) is 90.3 Å². The van der Waals surface area contributed by atoms with E-state index in [2.05, 4.69) is 47.2 Å². The predicted octanol–water partition coefficient (Wildman–Crippen LogP) is 3.81. The molecule has 2 fully saturated rings. The molecule has 2 aromatic carbocycles. The highest BCUT2D eigenvalue weighted by atomic mass is 16.6. The Balaban J connectivity index is 1.46. The summed E-state index contributed by atoms with van der Waals surface area (Å²) in [4.78, 5) is 32.6. The Morgan fingerprint density at radius 3 is 2.05 bits per heavy atom. The highest BCUT2D eigenvalue weighted by Crippen LogP contribution is 2.26. The zero-order valence-electron chi connectivity index (χ0n) is 24.8.